The first kappa shape index (κ1) is 11.3. The first-order valence-electron chi connectivity index (χ1n) is 4.09. The van der Waals surface area contributed by atoms with E-state index in [-0.39, 0.29) is 0 Å². The minimum atomic E-state index is 0.511. The Bertz CT molecular complexity index is 80.5. The van der Waals surface area contributed by atoms with Gasteiger partial charge in [-0.2, -0.15) is 11.8 Å². The third kappa shape index (κ3) is 6.66. The van der Waals surface area contributed by atoms with Crippen molar-refractivity contribution in [3.05, 3.63) is 0 Å². The Morgan fingerprint density at radius 1 is 1.55 bits per heavy atom. The van der Waals surface area contributed by atoms with Crippen LogP contribution >= 0.6 is 11.8 Å². The molecule has 2 nitrogen and oxygen atoms in total. The molecular weight excluding hydrogens is 158 g/mol. The van der Waals surface area contributed by atoms with Crippen molar-refractivity contribution in [2.75, 3.05) is 32.3 Å². The Labute approximate surface area is 74.1 Å². The fourth-order valence-electron chi connectivity index (χ4n) is 0.786. The molecular formula is C8H19NOS. The molecule has 0 saturated carbocycles. The number of ether oxygens (including phenoxy) is 1. The van der Waals surface area contributed by atoms with Crippen molar-refractivity contribution in [1.29, 1.82) is 0 Å². The molecule has 1 N–H and O–H groups in total. The van der Waals surface area contributed by atoms with Gasteiger partial charge in [0.25, 0.3) is 0 Å². The van der Waals surface area contributed by atoms with Crippen LogP contribution in [0.2, 0.25) is 0 Å². The van der Waals surface area contributed by atoms with Gasteiger partial charge in [0.2, 0.25) is 0 Å². The molecule has 0 amide bonds. The van der Waals surface area contributed by atoms with Gasteiger partial charge in [0, 0.05) is 18.9 Å². The average molecular weight is 177 g/mol. The number of likely N-dealkylation sites (N-methyl/N-ethyl adjacent to an activating group) is 1. The van der Waals surface area contributed by atoms with Gasteiger partial charge in [-0.1, -0.05) is 6.92 Å². The van der Waals surface area contributed by atoms with E-state index in [9.17, 15) is 0 Å². The molecule has 0 aromatic carbocycles. The molecule has 0 rings (SSSR count). The van der Waals surface area contributed by atoms with Crippen LogP contribution in [-0.2, 0) is 4.74 Å². The van der Waals surface area contributed by atoms with E-state index in [0.29, 0.717) is 6.04 Å². The minimum Gasteiger partial charge on any atom is -0.383 e. The second-order valence-corrected chi connectivity index (χ2v) is 3.67. The lowest BCUT2D eigenvalue weighted by molar-refractivity contribution is 0.177. The quantitative estimate of drug-likeness (QED) is 0.593. The van der Waals surface area contributed by atoms with E-state index in [1.54, 1.807) is 7.11 Å². The average Bonchev–Trinajstić information content (AvgIpc) is 2.03. The van der Waals surface area contributed by atoms with Crippen molar-refractivity contribution in [3.8, 4) is 0 Å². The highest BCUT2D eigenvalue weighted by Crippen LogP contribution is 2.04. The van der Waals surface area contributed by atoms with Gasteiger partial charge in [0.05, 0.1) is 6.61 Å². The summed E-state index contributed by atoms with van der Waals surface area (Å²) in [5.41, 5.74) is 0. The summed E-state index contributed by atoms with van der Waals surface area (Å²) in [7, 11) is 3.73. The van der Waals surface area contributed by atoms with Crippen molar-refractivity contribution < 1.29 is 4.74 Å². The maximum atomic E-state index is 5.05. The molecule has 0 aliphatic heterocycles. The molecule has 1 atom stereocenters. The monoisotopic (exact) mass is 177 g/mol. The minimum absolute atomic E-state index is 0.511. The van der Waals surface area contributed by atoms with E-state index in [0.717, 1.165) is 12.4 Å². The summed E-state index contributed by atoms with van der Waals surface area (Å²) in [5, 5.41) is 3.22. The maximum Gasteiger partial charge on any atom is 0.0623 e. The Morgan fingerprint density at radius 2 is 2.27 bits per heavy atom. The maximum absolute atomic E-state index is 5.05. The van der Waals surface area contributed by atoms with Crippen LogP contribution in [0.5, 0.6) is 0 Å². The number of thioether (sulfide) groups is 1. The van der Waals surface area contributed by atoms with Gasteiger partial charge in [-0.15, -0.1) is 0 Å². The van der Waals surface area contributed by atoms with Gasteiger partial charge >= 0.3 is 0 Å². The van der Waals surface area contributed by atoms with E-state index in [4.69, 9.17) is 4.74 Å². The van der Waals surface area contributed by atoms with Crippen molar-refractivity contribution in [1.82, 2.24) is 5.32 Å². The van der Waals surface area contributed by atoms with Gasteiger partial charge < -0.3 is 10.1 Å². The fraction of sp³-hybridized carbons (Fsp3) is 1.00. The fourth-order valence-corrected chi connectivity index (χ4v) is 1.79. The van der Waals surface area contributed by atoms with Gasteiger partial charge in [0.15, 0.2) is 0 Å². The molecule has 0 aliphatic carbocycles. The van der Waals surface area contributed by atoms with Gasteiger partial charge in [0.1, 0.15) is 0 Å². The zero-order valence-corrected chi connectivity index (χ0v) is 8.54. The summed E-state index contributed by atoms with van der Waals surface area (Å²) in [6, 6.07) is 0.511. The van der Waals surface area contributed by atoms with Crippen LogP contribution in [0.1, 0.15) is 13.3 Å². The van der Waals surface area contributed by atoms with E-state index >= 15 is 0 Å². The van der Waals surface area contributed by atoms with E-state index in [1.165, 1.54) is 12.2 Å². The summed E-state index contributed by atoms with van der Waals surface area (Å²) >= 11 is 1.98. The number of hydrogen-bond acceptors (Lipinski definition) is 3. The summed E-state index contributed by atoms with van der Waals surface area (Å²) in [4.78, 5) is 0. The van der Waals surface area contributed by atoms with Crippen LogP contribution in [-0.4, -0.2) is 38.3 Å². The molecule has 0 saturated heterocycles. The van der Waals surface area contributed by atoms with Crippen molar-refractivity contribution in [2.45, 2.75) is 19.4 Å². The first-order chi connectivity index (χ1) is 5.35. The van der Waals surface area contributed by atoms with Crippen LogP contribution in [0, 0.1) is 0 Å². The van der Waals surface area contributed by atoms with Crippen molar-refractivity contribution >= 4 is 11.8 Å². The molecule has 1 unspecified atom stereocenters. The number of rotatable bonds is 7. The standard InChI is InChI=1S/C8H19NOS/c1-4-5-11-7-8(9-2)6-10-3/h8-9H,4-7H2,1-3H3. The van der Waals surface area contributed by atoms with Gasteiger partial charge in [-0.3, -0.25) is 0 Å². The third-order valence-corrected chi connectivity index (χ3v) is 2.78. The molecule has 0 bridgehead atoms. The van der Waals surface area contributed by atoms with Crippen LogP contribution in [0.3, 0.4) is 0 Å². The van der Waals surface area contributed by atoms with Crippen molar-refractivity contribution in [3.63, 3.8) is 0 Å². The molecule has 0 aromatic heterocycles. The molecule has 0 heterocycles. The molecule has 0 aromatic rings. The van der Waals surface area contributed by atoms with Crippen LogP contribution in [0.4, 0.5) is 0 Å². The Balaban J connectivity index is 3.20. The predicted molar refractivity (Wildman–Crippen MR) is 52.3 cm³/mol. The lowest BCUT2D eigenvalue weighted by Crippen LogP contribution is -2.32. The molecule has 0 fully saturated rings. The third-order valence-electron chi connectivity index (χ3n) is 1.44. The number of hydrogen-bond donors (Lipinski definition) is 1. The van der Waals surface area contributed by atoms with E-state index < -0.39 is 0 Å². The normalized spacial score (nSPS) is 13.4. The summed E-state index contributed by atoms with van der Waals surface area (Å²) in [5.74, 6) is 2.40. The Hall–Kier alpha value is 0.270. The molecule has 3 heteroatoms. The Morgan fingerprint density at radius 3 is 2.73 bits per heavy atom. The summed E-state index contributed by atoms with van der Waals surface area (Å²) < 4.78 is 5.05. The summed E-state index contributed by atoms with van der Waals surface area (Å²) in [6.07, 6.45) is 1.26. The lowest BCUT2D eigenvalue weighted by atomic mass is 10.4. The smallest absolute Gasteiger partial charge is 0.0623 e. The van der Waals surface area contributed by atoms with Crippen LogP contribution in [0.15, 0.2) is 0 Å². The highest BCUT2D eigenvalue weighted by Gasteiger charge is 2.03. The highest BCUT2D eigenvalue weighted by molar-refractivity contribution is 7.99. The molecule has 0 radical (unpaired) electrons. The van der Waals surface area contributed by atoms with Crippen LogP contribution in [0.25, 0.3) is 0 Å². The molecule has 11 heavy (non-hydrogen) atoms. The van der Waals surface area contributed by atoms with E-state index in [1.807, 2.05) is 18.8 Å². The summed E-state index contributed by atoms with van der Waals surface area (Å²) in [6.45, 7) is 3.02. The predicted octanol–water partition coefficient (Wildman–Crippen LogP) is 1.36. The number of nitrogens with one attached hydrogen (secondary N) is 1. The van der Waals surface area contributed by atoms with Crippen molar-refractivity contribution in [2.24, 2.45) is 0 Å². The second-order valence-electron chi connectivity index (χ2n) is 2.52. The topological polar surface area (TPSA) is 21.3 Å². The Kier molecular flexibility index (Phi) is 8.57. The zero-order chi connectivity index (χ0) is 8.53. The number of methoxy groups -OCH3 is 1. The lowest BCUT2D eigenvalue weighted by Gasteiger charge is -2.13. The molecule has 0 aliphatic rings. The largest absolute Gasteiger partial charge is 0.383 e. The molecule has 0 spiro atoms. The molecule has 68 valence electrons. The zero-order valence-electron chi connectivity index (χ0n) is 7.72. The highest BCUT2D eigenvalue weighted by atomic mass is 32.2. The van der Waals surface area contributed by atoms with Gasteiger partial charge in [-0.05, 0) is 19.2 Å². The first-order valence-corrected chi connectivity index (χ1v) is 5.24. The SMILES string of the molecule is CCCSCC(COC)NC. The second kappa shape index (κ2) is 8.37. The van der Waals surface area contributed by atoms with Crippen LogP contribution < -0.4 is 5.32 Å². The van der Waals surface area contributed by atoms with Gasteiger partial charge in [-0.25, -0.2) is 0 Å². The van der Waals surface area contributed by atoms with E-state index in [2.05, 4.69) is 12.2 Å².